The van der Waals surface area contributed by atoms with Crippen LogP contribution in [0.1, 0.15) is 29.8 Å². The molecule has 0 spiro atoms. The highest BCUT2D eigenvalue weighted by atomic mass is 15.3. The molecule has 1 aromatic carbocycles. The lowest BCUT2D eigenvalue weighted by molar-refractivity contribution is 0.660. The van der Waals surface area contributed by atoms with Gasteiger partial charge in [0.25, 0.3) is 0 Å². The summed E-state index contributed by atoms with van der Waals surface area (Å²) in [5, 5.41) is 4.37. The van der Waals surface area contributed by atoms with Crippen LogP contribution in [0.3, 0.4) is 0 Å². The maximum atomic E-state index is 5.87. The average molecular weight is 215 g/mol. The molecule has 2 rings (SSSR count). The lowest BCUT2D eigenvalue weighted by Crippen LogP contribution is -2.08. The van der Waals surface area contributed by atoms with Crippen molar-refractivity contribution in [3.63, 3.8) is 0 Å². The molecule has 1 aromatic heterocycles. The second kappa shape index (κ2) is 4.49. The molecule has 0 bridgehead atoms. The zero-order valence-electron chi connectivity index (χ0n) is 9.72. The minimum atomic E-state index is 0.0459. The summed E-state index contributed by atoms with van der Waals surface area (Å²) >= 11 is 0. The van der Waals surface area contributed by atoms with Gasteiger partial charge in [0.15, 0.2) is 0 Å². The Hall–Kier alpha value is -1.61. The first-order valence-electron chi connectivity index (χ1n) is 5.50. The van der Waals surface area contributed by atoms with E-state index in [0.29, 0.717) is 0 Å². The third-order valence-corrected chi connectivity index (χ3v) is 2.81. The van der Waals surface area contributed by atoms with Gasteiger partial charge in [0, 0.05) is 17.3 Å². The van der Waals surface area contributed by atoms with Crippen LogP contribution in [-0.2, 0) is 6.54 Å². The van der Waals surface area contributed by atoms with Crippen LogP contribution in [0, 0.1) is 6.92 Å². The van der Waals surface area contributed by atoms with Crippen LogP contribution in [-0.4, -0.2) is 9.78 Å². The maximum Gasteiger partial charge on any atom is 0.0662 e. The Kier molecular flexibility index (Phi) is 3.06. The van der Waals surface area contributed by atoms with Gasteiger partial charge in [0.05, 0.1) is 12.7 Å². The second-order valence-corrected chi connectivity index (χ2v) is 4.12. The van der Waals surface area contributed by atoms with Crippen molar-refractivity contribution >= 4 is 0 Å². The molecule has 2 aromatic rings. The van der Waals surface area contributed by atoms with E-state index in [9.17, 15) is 0 Å². The first-order chi connectivity index (χ1) is 7.68. The molecular weight excluding hydrogens is 198 g/mol. The summed E-state index contributed by atoms with van der Waals surface area (Å²) in [7, 11) is 0. The van der Waals surface area contributed by atoms with Crippen molar-refractivity contribution in [2.45, 2.75) is 26.4 Å². The van der Waals surface area contributed by atoms with Crippen LogP contribution in [0.5, 0.6) is 0 Å². The summed E-state index contributed by atoms with van der Waals surface area (Å²) in [6.07, 6.45) is 1.86. The monoisotopic (exact) mass is 215 g/mol. The van der Waals surface area contributed by atoms with Crippen LogP contribution < -0.4 is 5.73 Å². The van der Waals surface area contributed by atoms with Crippen LogP contribution in [0.25, 0.3) is 0 Å². The Morgan fingerprint density at radius 3 is 2.56 bits per heavy atom. The molecule has 0 saturated heterocycles. The highest BCUT2D eigenvalue weighted by molar-refractivity contribution is 5.22. The number of benzene rings is 1. The van der Waals surface area contributed by atoms with Crippen molar-refractivity contribution in [1.82, 2.24) is 9.78 Å². The van der Waals surface area contributed by atoms with Crippen LogP contribution in [0.4, 0.5) is 0 Å². The smallest absolute Gasteiger partial charge is 0.0662 e. The number of nitrogens with two attached hydrogens (primary N) is 1. The summed E-state index contributed by atoms with van der Waals surface area (Å²) in [6, 6.07) is 10.4. The molecule has 84 valence electrons. The van der Waals surface area contributed by atoms with Gasteiger partial charge in [0.1, 0.15) is 0 Å². The van der Waals surface area contributed by atoms with Crippen molar-refractivity contribution in [2.24, 2.45) is 5.73 Å². The zero-order chi connectivity index (χ0) is 11.5. The minimum Gasteiger partial charge on any atom is -0.324 e. The molecule has 2 N–H and O–H groups in total. The van der Waals surface area contributed by atoms with Gasteiger partial charge in [0.2, 0.25) is 0 Å². The number of aromatic nitrogens is 2. The quantitative estimate of drug-likeness (QED) is 0.853. The van der Waals surface area contributed by atoms with E-state index in [1.54, 1.807) is 0 Å². The fraction of sp³-hybridized carbons (Fsp3) is 0.308. The minimum absolute atomic E-state index is 0.0459. The van der Waals surface area contributed by atoms with E-state index >= 15 is 0 Å². The summed E-state index contributed by atoms with van der Waals surface area (Å²) < 4.78 is 1.99. The largest absolute Gasteiger partial charge is 0.324 e. The second-order valence-electron chi connectivity index (χ2n) is 4.12. The molecule has 3 nitrogen and oxygen atoms in total. The van der Waals surface area contributed by atoms with Gasteiger partial charge in [-0.2, -0.15) is 5.10 Å². The molecule has 0 aliphatic rings. The number of hydrogen-bond donors (Lipinski definition) is 1. The third kappa shape index (κ3) is 2.14. The highest BCUT2D eigenvalue weighted by Gasteiger charge is 2.09. The Morgan fingerprint density at radius 2 is 2.00 bits per heavy atom. The molecule has 16 heavy (non-hydrogen) atoms. The van der Waals surface area contributed by atoms with Crippen LogP contribution in [0.15, 0.2) is 36.5 Å². The normalized spacial score (nSPS) is 12.7. The Balaban J connectivity index is 2.23. The lowest BCUT2D eigenvalue weighted by atomic mass is 10.1. The van der Waals surface area contributed by atoms with E-state index in [0.717, 1.165) is 17.8 Å². The summed E-state index contributed by atoms with van der Waals surface area (Å²) in [4.78, 5) is 0. The first-order valence-corrected chi connectivity index (χ1v) is 5.50. The SMILES string of the molecule is Cc1c([C@@H](C)N)cnn1Cc1ccccc1. The van der Waals surface area contributed by atoms with Gasteiger partial charge in [-0.1, -0.05) is 30.3 Å². The topological polar surface area (TPSA) is 43.8 Å². The van der Waals surface area contributed by atoms with Gasteiger partial charge >= 0.3 is 0 Å². The highest BCUT2D eigenvalue weighted by Crippen LogP contribution is 2.15. The number of nitrogens with zero attached hydrogens (tertiary/aromatic N) is 2. The average Bonchev–Trinajstić information content (AvgIpc) is 2.62. The van der Waals surface area contributed by atoms with Gasteiger partial charge in [-0.05, 0) is 19.4 Å². The van der Waals surface area contributed by atoms with E-state index in [-0.39, 0.29) is 6.04 Å². The zero-order valence-corrected chi connectivity index (χ0v) is 9.72. The van der Waals surface area contributed by atoms with Gasteiger partial charge in [-0.25, -0.2) is 0 Å². The molecule has 0 aliphatic carbocycles. The van der Waals surface area contributed by atoms with Crippen molar-refractivity contribution in [3.8, 4) is 0 Å². The van der Waals surface area contributed by atoms with E-state index in [1.807, 2.05) is 36.0 Å². The summed E-state index contributed by atoms with van der Waals surface area (Å²) in [5.74, 6) is 0. The molecule has 0 saturated carbocycles. The molecule has 0 fully saturated rings. The summed E-state index contributed by atoms with van der Waals surface area (Å²) in [6.45, 7) is 4.85. The van der Waals surface area contributed by atoms with E-state index in [1.165, 1.54) is 5.56 Å². The lowest BCUT2D eigenvalue weighted by Gasteiger charge is -2.07. The molecule has 1 heterocycles. The summed E-state index contributed by atoms with van der Waals surface area (Å²) in [5.41, 5.74) is 9.40. The van der Waals surface area contributed by atoms with E-state index in [4.69, 9.17) is 5.73 Å². The standard InChI is InChI=1S/C13H17N3/c1-10(14)13-8-15-16(11(13)2)9-12-6-4-3-5-7-12/h3-8,10H,9,14H2,1-2H3/t10-/m1/s1. The molecule has 3 heteroatoms. The van der Waals surface area contributed by atoms with E-state index < -0.39 is 0 Å². The van der Waals surface area contributed by atoms with Crippen molar-refractivity contribution in [3.05, 3.63) is 53.3 Å². The van der Waals surface area contributed by atoms with E-state index in [2.05, 4.69) is 24.2 Å². The van der Waals surface area contributed by atoms with Crippen molar-refractivity contribution in [2.75, 3.05) is 0 Å². The predicted molar refractivity (Wildman–Crippen MR) is 65.1 cm³/mol. The van der Waals surface area contributed by atoms with Gasteiger partial charge in [-0.15, -0.1) is 0 Å². The Labute approximate surface area is 95.9 Å². The molecule has 0 aliphatic heterocycles. The Morgan fingerprint density at radius 1 is 1.31 bits per heavy atom. The van der Waals surface area contributed by atoms with Crippen molar-refractivity contribution < 1.29 is 0 Å². The van der Waals surface area contributed by atoms with Crippen LogP contribution in [0.2, 0.25) is 0 Å². The van der Waals surface area contributed by atoms with Crippen molar-refractivity contribution in [1.29, 1.82) is 0 Å². The fourth-order valence-corrected chi connectivity index (χ4v) is 1.82. The molecular formula is C13H17N3. The predicted octanol–water partition coefficient (Wildman–Crippen LogP) is 2.26. The van der Waals surface area contributed by atoms with Gasteiger partial charge < -0.3 is 5.73 Å². The molecule has 0 unspecified atom stereocenters. The molecule has 1 atom stereocenters. The molecule has 0 radical (unpaired) electrons. The Bertz CT molecular complexity index is 457. The first kappa shape index (κ1) is 10.9. The maximum absolute atomic E-state index is 5.87. The third-order valence-electron chi connectivity index (χ3n) is 2.81. The fourth-order valence-electron chi connectivity index (χ4n) is 1.82. The molecule has 0 amide bonds. The van der Waals surface area contributed by atoms with Gasteiger partial charge in [-0.3, -0.25) is 4.68 Å². The number of hydrogen-bond acceptors (Lipinski definition) is 2. The van der Waals surface area contributed by atoms with Crippen LogP contribution >= 0.6 is 0 Å². The number of rotatable bonds is 3.